The minimum atomic E-state index is -0.312. The zero-order valence-corrected chi connectivity index (χ0v) is 18.4. The monoisotopic (exact) mass is 438 g/mol. The molecule has 2 aromatic carbocycles. The summed E-state index contributed by atoms with van der Waals surface area (Å²) in [7, 11) is 1.77. The highest BCUT2D eigenvalue weighted by molar-refractivity contribution is 8.00. The van der Waals surface area contributed by atoms with Crippen molar-refractivity contribution in [2.45, 2.75) is 13.3 Å². The van der Waals surface area contributed by atoms with Crippen LogP contribution in [-0.2, 0) is 23.1 Å². The molecule has 0 fully saturated rings. The molecule has 0 spiro atoms. The van der Waals surface area contributed by atoms with E-state index in [1.54, 1.807) is 18.7 Å². The van der Waals surface area contributed by atoms with Gasteiger partial charge in [0.2, 0.25) is 11.8 Å². The van der Waals surface area contributed by atoms with Crippen molar-refractivity contribution in [1.29, 1.82) is 0 Å². The third-order valence-corrected chi connectivity index (χ3v) is 5.80. The van der Waals surface area contributed by atoms with Crippen molar-refractivity contribution in [1.82, 2.24) is 14.7 Å². The van der Waals surface area contributed by atoms with Gasteiger partial charge in [-0.05, 0) is 31.0 Å². The van der Waals surface area contributed by atoms with Gasteiger partial charge in [-0.25, -0.2) is 4.68 Å². The van der Waals surface area contributed by atoms with E-state index >= 15 is 0 Å². The molecule has 1 heterocycles. The van der Waals surface area contributed by atoms with E-state index in [-0.39, 0.29) is 34.6 Å². The Labute approximate surface area is 185 Å². The van der Waals surface area contributed by atoms with Crippen molar-refractivity contribution >= 4 is 29.3 Å². The Morgan fingerprint density at radius 1 is 0.935 bits per heavy atom. The molecule has 2 N–H and O–H groups in total. The van der Waals surface area contributed by atoms with Crippen LogP contribution in [0.15, 0.2) is 65.5 Å². The van der Waals surface area contributed by atoms with Crippen LogP contribution < -0.4 is 16.2 Å². The molecule has 7 nitrogen and oxygen atoms in total. The third-order valence-electron chi connectivity index (χ3n) is 4.86. The van der Waals surface area contributed by atoms with Crippen LogP contribution in [0.4, 0.5) is 5.69 Å². The van der Waals surface area contributed by atoms with E-state index in [9.17, 15) is 14.4 Å². The summed E-state index contributed by atoms with van der Waals surface area (Å²) in [6.45, 7) is 2.33. The molecule has 162 valence electrons. The van der Waals surface area contributed by atoms with E-state index in [1.165, 1.54) is 16.4 Å². The molecule has 31 heavy (non-hydrogen) atoms. The summed E-state index contributed by atoms with van der Waals surface area (Å²) in [5.74, 6) is -0.153. The van der Waals surface area contributed by atoms with Crippen molar-refractivity contribution in [2.24, 2.45) is 7.05 Å². The van der Waals surface area contributed by atoms with Gasteiger partial charge < -0.3 is 10.6 Å². The van der Waals surface area contributed by atoms with Gasteiger partial charge in [-0.3, -0.25) is 19.1 Å². The molecule has 3 rings (SSSR count). The number of para-hydroxylation sites is 1. The average Bonchev–Trinajstić information content (AvgIpc) is 2.98. The normalized spacial score (nSPS) is 10.6. The summed E-state index contributed by atoms with van der Waals surface area (Å²) < 4.78 is 3.22. The lowest BCUT2D eigenvalue weighted by atomic mass is 10.1. The number of amides is 2. The summed E-state index contributed by atoms with van der Waals surface area (Å²) >= 11 is 1.21. The number of rotatable bonds is 9. The van der Waals surface area contributed by atoms with Gasteiger partial charge in [0.25, 0.3) is 5.56 Å². The highest BCUT2D eigenvalue weighted by Crippen LogP contribution is 2.14. The predicted molar refractivity (Wildman–Crippen MR) is 125 cm³/mol. The largest absolute Gasteiger partial charge is 0.355 e. The summed E-state index contributed by atoms with van der Waals surface area (Å²) in [5, 5.41) is 5.56. The van der Waals surface area contributed by atoms with Crippen LogP contribution in [0.3, 0.4) is 0 Å². The molecule has 0 radical (unpaired) electrons. The number of benzene rings is 2. The molecular weight excluding hydrogens is 412 g/mol. The Morgan fingerprint density at radius 3 is 2.23 bits per heavy atom. The Morgan fingerprint density at radius 2 is 1.55 bits per heavy atom. The second-order valence-electron chi connectivity index (χ2n) is 7.06. The fourth-order valence-corrected chi connectivity index (χ4v) is 3.81. The maximum Gasteiger partial charge on any atom is 0.295 e. The molecule has 3 aromatic rings. The smallest absolute Gasteiger partial charge is 0.295 e. The van der Waals surface area contributed by atoms with E-state index in [2.05, 4.69) is 10.6 Å². The SMILES string of the molecule is Cc1c(NC(=O)CSCC(=O)NCCc2ccccc2)c(=O)n(-c2ccccc2)n1C. The maximum atomic E-state index is 12.8. The van der Waals surface area contributed by atoms with Gasteiger partial charge in [-0.1, -0.05) is 48.5 Å². The first-order valence-electron chi connectivity index (χ1n) is 9.99. The molecule has 2 amide bonds. The number of aromatic nitrogens is 2. The second-order valence-corrected chi connectivity index (χ2v) is 8.05. The molecule has 0 saturated heterocycles. The topological polar surface area (TPSA) is 85.1 Å². The van der Waals surface area contributed by atoms with Crippen LogP contribution in [0.25, 0.3) is 5.69 Å². The van der Waals surface area contributed by atoms with Crippen LogP contribution in [0, 0.1) is 6.92 Å². The quantitative estimate of drug-likeness (QED) is 0.538. The molecule has 0 bridgehead atoms. The zero-order chi connectivity index (χ0) is 22.2. The van der Waals surface area contributed by atoms with Crippen LogP contribution in [0.2, 0.25) is 0 Å². The fraction of sp³-hybridized carbons (Fsp3) is 0.261. The zero-order valence-electron chi connectivity index (χ0n) is 17.6. The van der Waals surface area contributed by atoms with Crippen LogP contribution in [0.1, 0.15) is 11.3 Å². The predicted octanol–water partition coefficient (Wildman–Crippen LogP) is 2.52. The van der Waals surface area contributed by atoms with Crippen LogP contribution >= 0.6 is 11.8 Å². The number of carbonyl (C=O) groups is 2. The lowest BCUT2D eigenvalue weighted by Gasteiger charge is -2.07. The van der Waals surface area contributed by atoms with Gasteiger partial charge in [0, 0.05) is 13.6 Å². The van der Waals surface area contributed by atoms with Gasteiger partial charge in [0.05, 0.1) is 22.9 Å². The standard InChI is InChI=1S/C23H26N4O3S/c1-17-22(23(30)27(26(17)2)19-11-7-4-8-12-19)25-21(29)16-31-15-20(28)24-14-13-18-9-5-3-6-10-18/h3-12H,13-16H2,1-2H3,(H,24,28)(H,25,29). The summed E-state index contributed by atoms with van der Waals surface area (Å²) in [4.78, 5) is 37.1. The summed E-state index contributed by atoms with van der Waals surface area (Å²) in [5.41, 5.74) is 2.51. The summed E-state index contributed by atoms with van der Waals surface area (Å²) in [6, 6.07) is 19.2. The number of carbonyl (C=O) groups excluding carboxylic acids is 2. The Hall–Kier alpha value is -3.26. The molecule has 0 saturated carbocycles. The average molecular weight is 439 g/mol. The second kappa shape index (κ2) is 10.7. The van der Waals surface area contributed by atoms with Gasteiger partial charge >= 0.3 is 0 Å². The number of anilines is 1. The highest BCUT2D eigenvalue weighted by Gasteiger charge is 2.18. The summed E-state index contributed by atoms with van der Waals surface area (Å²) in [6.07, 6.45) is 0.763. The van der Waals surface area contributed by atoms with Crippen molar-refractivity contribution in [2.75, 3.05) is 23.4 Å². The molecule has 0 unspecified atom stereocenters. The lowest BCUT2D eigenvalue weighted by Crippen LogP contribution is -2.28. The van der Waals surface area contributed by atoms with E-state index in [4.69, 9.17) is 0 Å². The number of hydrogen-bond acceptors (Lipinski definition) is 4. The van der Waals surface area contributed by atoms with Gasteiger partial charge in [0.15, 0.2) is 0 Å². The Bertz CT molecular complexity index is 1090. The van der Waals surface area contributed by atoms with Crippen molar-refractivity contribution in [3.05, 3.63) is 82.3 Å². The first-order chi connectivity index (χ1) is 15.0. The fourth-order valence-electron chi connectivity index (χ4n) is 3.17. The number of nitrogens with zero attached hydrogens (tertiary/aromatic N) is 2. The Balaban J connectivity index is 1.48. The van der Waals surface area contributed by atoms with Crippen LogP contribution in [-0.4, -0.2) is 39.2 Å². The molecular formula is C23H26N4O3S. The van der Waals surface area contributed by atoms with Crippen LogP contribution in [0.5, 0.6) is 0 Å². The minimum absolute atomic E-state index is 0.0885. The van der Waals surface area contributed by atoms with Gasteiger partial charge in [-0.2, -0.15) is 0 Å². The Kier molecular flexibility index (Phi) is 7.72. The van der Waals surface area contributed by atoms with Crippen molar-refractivity contribution in [3.8, 4) is 5.69 Å². The molecule has 0 aliphatic heterocycles. The van der Waals surface area contributed by atoms with Crippen molar-refractivity contribution in [3.63, 3.8) is 0 Å². The van der Waals surface area contributed by atoms with Crippen molar-refractivity contribution < 1.29 is 9.59 Å². The van der Waals surface area contributed by atoms with E-state index in [0.29, 0.717) is 12.2 Å². The number of thioether (sulfide) groups is 1. The lowest BCUT2D eigenvalue weighted by molar-refractivity contribution is -0.118. The molecule has 8 heteroatoms. The molecule has 0 atom stereocenters. The van der Waals surface area contributed by atoms with Gasteiger partial charge in [0.1, 0.15) is 5.69 Å². The molecule has 0 aliphatic carbocycles. The number of nitrogens with one attached hydrogen (secondary N) is 2. The first-order valence-corrected chi connectivity index (χ1v) is 11.1. The highest BCUT2D eigenvalue weighted by atomic mass is 32.2. The minimum Gasteiger partial charge on any atom is -0.355 e. The van der Waals surface area contributed by atoms with E-state index < -0.39 is 0 Å². The maximum absolute atomic E-state index is 12.8. The third kappa shape index (κ3) is 5.88. The molecule has 1 aromatic heterocycles. The first kappa shape index (κ1) is 22.4. The van der Waals surface area contributed by atoms with Gasteiger partial charge in [-0.15, -0.1) is 11.8 Å². The van der Waals surface area contributed by atoms with E-state index in [1.807, 2.05) is 60.7 Å². The van der Waals surface area contributed by atoms with E-state index in [0.717, 1.165) is 17.7 Å². The molecule has 0 aliphatic rings. The number of hydrogen-bond donors (Lipinski definition) is 2.